The smallest absolute Gasteiger partial charge is 0.267 e. The number of aromatic nitrogens is 1. The third kappa shape index (κ3) is 4.68. The lowest BCUT2D eigenvalue weighted by atomic mass is 10.1. The van der Waals surface area contributed by atoms with E-state index in [9.17, 15) is 14.4 Å². The molecule has 0 aliphatic carbocycles. The second-order valence-corrected chi connectivity index (χ2v) is 8.34. The van der Waals surface area contributed by atoms with Crippen LogP contribution in [0, 0.1) is 20.8 Å². The first kappa shape index (κ1) is 21.5. The van der Waals surface area contributed by atoms with Gasteiger partial charge in [-0.3, -0.25) is 14.4 Å². The molecule has 30 heavy (non-hydrogen) atoms. The minimum absolute atomic E-state index is 0.0659. The van der Waals surface area contributed by atoms with Crippen molar-refractivity contribution in [2.24, 2.45) is 0 Å². The third-order valence-electron chi connectivity index (χ3n) is 4.66. The number of fused-ring (bicyclic) bond motifs is 1. The summed E-state index contributed by atoms with van der Waals surface area (Å²) in [4.78, 5) is 43.1. The highest BCUT2D eigenvalue weighted by atomic mass is 32.1. The molecular formula is C21H24N4O4S. The lowest BCUT2D eigenvalue weighted by molar-refractivity contribution is -0.119. The van der Waals surface area contributed by atoms with E-state index >= 15 is 0 Å². The summed E-state index contributed by atoms with van der Waals surface area (Å²) in [5, 5.41) is 8.21. The molecule has 0 saturated carbocycles. The Balaban J connectivity index is 1.68. The van der Waals surface area contributed by atoms with Gasteiger partial charge in [-0.05, 0) is 44.4 Å². The van der Waals surface area contributed by atoms with E-state index in [0.29, 0.717) is 29.1 Å². The number of rotatable bonds is 6. The van der Waals surface area contributed by atoms with Crippen LogP contribution in [0.4, 0.5) is 5.69 Å². The molecule has 9 heteroatoms. The standard InChI is InChI=1S/C21H24N4O4S/c1-5-6-15(25-20(28)18-11(2)12(3)30-13(18)4)19(27)22-8-14-7-16-21(23-9-14)29-10-17(26)24-16/h6-7,9H,5,8,10H2,1-4H3,(H,22,27)(H,24,26)(H,25,28)/b15-6+. The van der Waals surface area contributed by atoms with Gasteiger partial charge in [0, 0.05) is 22.5 Å². The Bertz CT molecular complexity index is 1040. The van der Waals surface area contributed by atoms with Gasteiger partial charge in [0.1, 0.15) is 11.4 Å². The Kier molecular flexibility index (Phi) is 6.51. The number of nitrogens with zero attached hydrogens (tertiary/aromatic N) is 1. The van der Waals surface area contributed by atoms with Gasteiger partial charge in [0.2, 0.25) is 5.88 Å². The van der Waals surface area contributed by atoms with Gasteiger partial charge in [-0.1, -0.05) is 13.0 Å². The molecule has 3 N–H and O–H groups in total. The zero-order chi connectivity index (χ0) is 21.8. The molecule has 2 aromatic heterocycles. The van der Waals surface area contributed by atoms with Crippen LogP contribution >= 0.6 is 11.3 Å². The number of ether oxygens (including phenoxy) is 1. The molecule has 3 heterocycles. The van der Waals surface area contributed by atoms with Gasteiger partial charge in [0.05, 0.1) is 5.56 Å². The minimum Gasteiger partial charge on any atom is -0.466 e. The molecule has 0 bridgehead atoms. The summed E-state index contributed by atoms with van der Waals surface area (Å²) in [5.41, 5.74) is 2.90. The Morgan fingerprint density at radius 2 is 2.07 bits per heavy atom. The first-order valence-electron chi connectivity index (χ1n) is 9.58. The molecular weight excluding hydrogens is 404 g/mol. The molecule has 3 amide bonds. The molecule has 0 aromatic carbocycles. The predicted octanol–water partition coefficient (Wildman–Crippen LogP) is 2.74. The van der Waals surface area contributed by atoms with Crippen LogP contribution in [0.25, 0.3) is 0 Å². The van der Waals surface area contributed by atoms with Gasteiger partial charge >= 0.3 is 0 Å². The van der Waals surface area contributed by atoms with E-state index in [1.807, 2.05) is 27.7 Å². The molecule has 0 fully saturated rings. The molecule has 3 rings (SSSR count). The van der Waals surface area contributed by atoms with Gasteiger partial charge < -0.3 is 20.7 Å². The molecule has 8 nitrogen and oxygen atoms in total. The van der Waals surface area contributed by atoms with E-state index in [1.54, 1.807) is 29.7 Å². The molecule has 158 valence electrons. The summed E-state index contributed by atoms with van der Waals surface area (Å²) < 4.78 is 5.23. The number of nitrogens with one attached hydrogen (secondary N) is 3. The maximum atomic E-state index is 12.8. The maximum absolute atomic E-state index is 12.8. The molecule has 1 aliphatic heterocycles. The van der Waals surface area contributed by atoms with Crippen LogP contribution in [0.2, 0.25) is 0 Å². The zero-order valence-electron chi connectivity index (χ0n) is 17.3. The summed E-state index contributed by atoms with van der Waals surface area (Å²) in [6.07, 6.45) is 3.84. The topological polar surface area (TPSA) is 109 Å². The van der Waals surface area contributed by atoms with E-state index in [4.69, 9.17) is 4.74 Å². The molecule has 0 saturated heterocycles. The fraction of sp³-hybridized carbons (Fsp3) is 0.333. The number of anilines is 1. The van der Waals surface area contributed by atoms with Crippen molar-refractivity contribution in [3.8, 4) is 5.88 Å². The third-order valence-corrected chi connectivity index (χ3v) is 5.79. The van der Waals surface area contributed by atoms with Gasteiger partial charge in [-0.25, -0.2) is 4.98 Å². The molecule has 0 unspecified atom stereocenters. The molecule has 0 atom stereocenters. The van der Waals surface area contributed by atoms with Crippen LogP contribution < -0.4 is 20.7 Å². The average Bonchev–Trinajstić information content (AvgIpc) is 2.96. The van der Waals surface area contributed by atoms with E-state index in [0.717, 1.165) is 15.3 Å². The van der Waals surface area contributed by atoms with Crippen LogP contribution in [-0.2, 0) is 16.1 Å². The van der Waals surface area contributed by atoms with Crippen LogP contribution in [0.3, 0.4) is 0 Å². The van der Waals surface area contributed by atoms with Crippen molar-refractivity contribution >= 4 is 34.7 Å². The molecule has 0 radical (unpaired) electrons. The van der Waals surface area contributed by atoms with Crippen molar-refractivity contribution in [1.29, 1.82) is 0 Å². The summed E-state index contributed by atoms with van der Waals surface area (Å²) in [6, 6.07) is 1.70. The molecule has 1 aliphatic rings. The number of pyridine rings is 1. The van der Waals surface area contributed by atoms with Crippen molar-refractivity contribution in [2.45, 2.75) is 40.7 Å². The number of thiophene rings is 1. The number of allylic oxidation sites excluding steroid dienone is 1. The highest BCUT2D eigenvalue weighted by molar-refractivity contribution is 7.12. The SMILES string of the molecule is CC/C=C(/NC(=O)c1c(C)sc(C)c1C)C(=O)NCc1cnc2c(c1)NC(=O)CO2. The maximum Gasteiger partial charge on any atom is 0.267 e. The lowest BCUT2D eigenvalue weighted by Crippen LogP contribution is -2.35. The van der Waals surface area contributed by atoms with E-state index in [-0.39, 0.29) is 30.7 Å². The zero-order valence-corrected chi connectivity index (χ0v) is 18.2. The quantitative estimate of drug-likeness (QED) is 0.613. The second-order valence-electron chi connectivity index (χ2n) is 6.91. The normalized spacial score (nSPS) is 13.2. The predicted molar refractivity (Wildman–Crippen MR) is 115 cm³/mol. The van der Waals surface area contributed by atoms with Gasteiger partial charge in [-0.15, -0.1) is 11.3 Å². The molecule has 2 aromatic rings. The average molecular weight is 429 g/mol. The van der Waals surface area contributed by atoms with Crippen molar-refractivity contribution in [3.05, 3.63) is 50.5 Å². The Morgan fingerprint density at radius 3 is 2.73 bits per heavy atom. The highest BCUT2D eigenvalue weighted by Crippen LogP contribution is 2.27. The fourth-order valence-corrected chi connectivity index (χ4v) is 4.17. The van der Waals surface area contributed by atoms with Gasteiger partial charge in [0.25, 0.3) is 17.7 Å². The number of hydrogen-bond acceptors (Lipinski definition) is 6. The van der Waals surface area contributed by atoms with Gasteiger partial charge in [-0.2, -0.15) is 0 Å². The van der Waals surface area contributed by atoms with Crippen LogP contribution in [-0.4, -0.2) is 29.3 Å². The minimum atomic E-state index is -0.398. The second kappa shape index (κ2) is 9.08. The number of hydrogen-bond donors (Lipinski definition) is 3. The first-order valence-corrected chi connectivity index (χ1v) is 10.4. The first-order chi connectivity index (χ1) is 14.3. The summed E-state index contributed by atoms with van der Waals surface area (Å²) in [6.45, 7) is 7.78. The Hall–Kier alpha value is -3.20. The van der Waals surface area contributed by atoms with Crippen molar-refractivity contribution in [2.75, 3.05) is 11.9 Å². The fourth-order valence-electron chi connectivity index (χ4n) is 3.11. The van der Waals surface area contributed by atoms with E-state index in [1.165, 1.54) is 0 Å². The Labute approximate surface area is 178 Å². The van der Waals surface area contributed by atoms with E-state index in [2.05, 4.69) is 20.9 Å². The van der Waals surface area contributed by atoms with E-state index < -0.39 is 5.91 Å². The number of amides is 3. The Morgan fingerprint density at radius 1 is 1.30 bits per heavy atom. The van der Waals surface area contributed by atoms with Crippen molar-refractivity contribution in [1.82, 2.24) is 15.6 Å². The highest BCUT2D eigenvalue weighted by Gasteiger charge is 2.21. The number of carbonyl (C=O) groups excluding carboxylic acids is 3. The van der Waals surface area contributed by atoms with Crippen LogP contribution in [0.5, 0.6) is 5.88 Å². The summed E-state index contributed by atoms with van der Waals surface area (Å²) >= 11 is 1.56. The summed E-state index contributed by atoms with van der Waals surface area (Å²) in [5.74, 6) is -0.596. The largest absolute Gasteiger partial charge is 0.466 e. The van der Waals surface area contributed by atoms with Crippen LogP contribution in [0.15, 0.2) is 24.0 Å². The van der Waals surface area contributed by atoms with Crippen molar-refractivity contribution in [3.63, 3.8) is 0 Å². The molecule has 0 spiro atoms. The summed E-state index contributed by atoms with van der Waals surface area (Å²) in [7, 11) is 0. The number of carbonyl (C=O) groups is 3. The van der Waals surface area contributed by atoms with Crippen LogP contribution in [0.1, 0.15) is 44.6 Å². The number of aryl methyl sites for hydroxylation is 2. The monoisotopic (exact) mass is 428 g/mol. The van der Waals surface area contributed by atoms with Gasteiger partial charge in [0.15, 0.2) is 6.61 Å². The van der Waals surface area contributed by atoms with Crippen molar-refractivity contribution < 1.29 is 19.1 Å². The lowest BCUT2D eigenvalue weighted by Gasteiger charge is -2.17.